The lowest BCUT2D eigenvalue weighted by Crippen LogP contribution is -2.43. The number of amides is 1. The first-order valence-corrected chi connectivity index (χ1v) is 11.6. The largest absolute Gasteiger partial charge is 0.511 e. The first kappa shape index (κ1) is 23.6. The number of ether oxygens (including phenoxy) is 1. The Balaban J connectivity index is 1.67. The van der Waals surface area contributed by atoms with E-state index in [2.05, 4.69) is 0 Å². The number of allylic oxidation sites excluding steroid dienone is 3. The first-order chi connectivity index (χ1) is 17.2. The molecular weight excluding hydrogens is 464 g/mol. The number of fused-ring (bicyclic) bond motifs is 3. The number of carbonyl (C=O) groups excluding carboxylic acids is 3. The summed E-state index contributed by atoms with van der Waals surface area (Å²) in [5, 5.41) is 32.1. The fraction of sp³-hybridized carbons (Fsp3) is 0.296. The molecule has 0 aliphatic heterocycles. The van der Waals surface area contributed by atoms with E-state index in [4.69, 9.17) is 16.2 Å². The molecule has 9 heteroatoms. The van der Waals surface area contributed by atoms with Crippen LogP contribution in [0.25, 0.3) is 11.1 Å². The van der Waals surface area contributed by atoms with Gasteiger partial charge >= 0.3 is 0 Å². The van der Waals surface area contributed by atoms with E-state index in [1.54, 1.807) is 19.2 Å². The number of phenolic OH excluding ortho intramolecular Hbond substituents is 1. The van der Waals surface area contributed by atoms with Crippen LogP contribution in [0.15, 0.2) is 53.0 Å². The van der Waals surface area contributed by atoms with Crippen LogP contribution < -0.4 is 16.2 Å². The minimum Gasteiger partial charge on any atom is -0.511 e. The third-order valence-electron chi connectivity index (χ3n) is 7.56. The van der Waals surface area contributed by atoms with Crippen LogP contribution in [0, 0.1) is 17.8 Å². The van der Waals surface area contributed by atoms with Gasteiger partial charge in [0.25, 0.3) is 5.91 Å². The van der Waals surface area contributed by atoms with Crippen molar-refractivity contribution in [3.05, 3.63) is 69.7 Å². The molecule has 0 aromatic heterocycles. The second-order valence-electron chi connectivity index (χ2n) is 9.48. The van der Waals surface area contributed by atoms with Gasteiger partial charge in [-0.15, -0.1) is 0 Å². The minimum atomic E-state index is -1.15. The van der Waals surface area contributed by atoms with Gasteiger partial charge in [-0.25, -0.2) is 0 Å². The Kier molecular flexibility index (Phi) is 5.60. The molecule has 2 aromatic rings. The fourth-order valence-corrected chi connectivity index (χ4v) is 5.98. The number of carbonyl (C=O) groups is 3. The molecule has 3 aliphatic carbocycles. The molecule has 2 unspecified atom stereocenters. The van der Waals surface area contributed by atoms with E-state index >= 15 is 0 Å². The molecule has 2 aromatic carbocycles. The lowest BCUT2D eigenvalue weighted by Gasteiger charge is -2.41. The molecule has 9 nitrogen and oxygen atoms in total. The SMILES string of the molecule is COc1ccc(CN)cc1-c1ccc(O)c2c1C[C@H]1CC3CC(O)=C(C(N)=O)C(=O)C3C(O)=C1C2=O. The Morgan fingerprint density at radius 1 is 1.08 bits per heavy atom. The summed E-state index contributed by atoms with van der Waals surface area (Å²) in [7, 11) is 1.54. The molecule has 3 atom stereocenters. The number of primary amides is 1. The maximum Gasteiger partial charge on any atom is 0.255 e. The smallest absolute Gasteiger partial charge is 0.255 e. The molecule has 0 radical (unpaired) electrons. The lowest BCUT2D eigenvalue weighted by atomic mass is 9.62. The normalized spacial score (nSPS) is 23.2. The molecule has 3 aliphatic rings. The van der Waals surface area contributed by atoms with Gasteiger partial charge in [0, 0.05) is 24.1 Å². The number of Topliss-reactive ketones (excluding diaryl/α,β-unsaturated/α-hetero) is 2. The first-order valence-electron chi connectivity index (χ1n) is 11.6. The summed E-state index contributed by atoms with van der Waals surface area (Å²) in [6.45, 7) is 0.307. The van der Waals surface area contributed by atoms with Gasteiger partial charge in [0.05, 0.1) is 18.6 Å². The average molecular weight is 491 g/mol. The molecule has 36 heavy (non-hydrogen) atoms. The van der Waals surface area contributed by atoms with Crippen LogP contribution in [-0.2, 0) is 22.6 Å². The Hall–Kier alpha value is -4.11. The lowest BCUT2D eigenvalue weighted by molar-refractivity contribution is -0.126. The quantitative estimate of drug-likeness (QED) is 0.407. The molecule has 0 heterocycles. The molecule has 0 saturated carbocycles. The van der Waals surface area contributed by atoms with Crippen molar-refractivity contribution < 1.29 is 34.4 Å². The van der Waals surface area contributed by atoms with Gasteiger partial charge in [-0.2, -0.15) is 0 Å². The van der Waals surface area contributed by atoms with Crippen LogP contribution in [-0.4, -0.2) is 39.9 Å². The van der Waals surface area contributed by atoms with Crippen molar-refractivity contribution in [3.63, 3.8) is 0 Å². The minimum absolute atomic E-state index is 0.0111. The molecule has 0 fully saturated rings. The standard InChI is InChI=1S/C27H26N2O7/c1-36-19-5-2-11(10-28)6-15(19)14-3-4-17(30)22-16(14)8-12-7-13-9-18(31)23(27(29)35)26(34)21(13)24(32)20(12)25(22)33/h2-6,12-13,21,30-32H,7-10,28H2,1H3,(H2,29,35)/t12-,13?,21?/m1/s1. The van der Waals surface area contributed by atoms with E-state index < -0.39 is 52.3 Å². The molecule has 0 spiro atoms. The Bertz CT molecular complexity index is 1410. The van der Waals surface area contributed by atoms with Gasteiger partial charge in [0.1, 0.15) is 28.6 Å². The number of aliphatic hydroxyl groups is 2. The van der Waals surface area contributed by atoms with Gasteiger partial charge in [-0.05, 0) is 59.6 Å². The maximum absolute atomic E-state index is 13.7. The summed E-state index contributed by atoms with van der Waals surface area (Å²) in [4.78, 5) is 38.4. The molecule has 0 bridgehead atoms. The topological polar surface area (TPSA) is 173 Å². The Labute approximate surface area is 206 Å². The van der Waals surface area contributed by atoms with Crippen LogP contribution in [0.2, 0.25) is 0 Å². The number of aromatic hydroxyl groups is 1. The second-order valence-corrected chi connectivity index (χ2v) is 9.48. The highest BCUT2D eigenvalue weighted by molar-refractivity contribution is 6.22. The third kappa shape index (κ3) is 3.38. The van der Waals surface area contributed by atoms with Gasteiger partial charge in [0.2, 0.25) is 0 Å². The molecular formula is C27H26N2O7. The number of hydrogen-bond acceptors (Lipinski definition) is 8. The van der Waals surface area contributed by atoms with Gasteiger partial charge < -0.3 is 31.5 Å². The molecule has 186 valence electrons. The number of rotatable bonds is 4. The fourth-order valence-electron chi connectivity index (χ4n) is 5.98. The van der Waals surface area contributed by atoms with Crippen LogP contribution in [0.4, 0.5) is 0 Å². The molecule has 1 amide bonds. The number of hydrogen-bond donors (Lipinski definition) is 5. The third-order valence-corrected chi connectivity index (χ3v) is 7.56. The zero-order valence-electron chi connectivity index (χ0n) is 19.6. The average Bonchev–Trinajstić information content (AvgIpc) is 2.83. The number of nitrogens with two attached hydrogens (primary N) is 2. The zero-order valence-corrected chi connectivity index (χ0v) is 19.6. The van der Waals surface area contributed by atoms with Gasteiger partial charge in [-0.3, -0.25) is 14.4 Å². The number of phenols is 1. The number of ketones is 2. The van der Waals surface area contributed by atoms with E-state index in [1.807, 2.05) is 12.1 Å². The summed E-state index contributed by atoms with van der Waals surface area (Å²) < 4.78 is 5.55. The molecule has 7 N–H and O–H groups in total. The van der Waals surface area contributed by atoms with Crippen molar-refractivity contribution in [1.82, 2.24) is 0 Å². The maximum atomic E-state index is 13.7. The summed E-state index contributed by atoms with van der Waals surface area (Å²) in [5.74, 6) is -5.02. The summed E-state index contributed by atoms with van der Waals surface area (Å²) in [6.07, 6.45) is 0.625. The predicted octanol–water partition coefficient (Wildman–Crippen LogP) is 2.60. The Morgan fingerprint density at radius 2 is 1.83 bits per heavy atom. The number of benzene rings is 2. The Morgan fingerprint density at radius 3 is 2.50 bits per heavy atom. The van der Waals surface area contributed by atoms with E-state index in [9.17, 15) is 29.7 Å². The van der Waals surface area contributed by atoms with Crippen molar-refractivity contribution in [2.45, 2.75) is 25.8 Å². The number of methoxy groups -OCH3 is 1. The van der Waals surface area contributed by atoms with Crippen LogP contribution in [0.1, 0.15) is 34.3 Å². The highest BCUT2D eigenvalue weighted by Gasteiger charge is 2.50. The highest BCUT2D eigenvalue weighted by atomic mass is 16.5. The van der Waals surface area contributed by atoms with Crippen molar-refractivity contribution in [2.24, 2.45) is 29.2 Å². The summed E-state index contributed by atoms with van der Waals surface area (Å²) in [5.41, 5.74) is 13.6. The summed E-state index contributed by atoms with van der Waals surface area (Å²) in [6, 6.07) is 8.66. The molecule has 5 rings (SSSR count). The van der Waals surface area contributed by atoms with Crippen LogP contribution in [0.3, 0.4) is 0 Å². The zero-order chi connectivity index (χ0) is 25.9. The number of aliphatic hydroxyl groups excluding tert-OH is 2. The van der Waals surface area contributed by atoms with Crippen molar-refractivity contribution >= 4 is 17.5 Å². The van der Waals surface area contributed by atoms with Gasteiger partial charge in [-0.1, -0.05) is 12.1 Å². The van der Waals surface area contributed by atoms with E-state index in [1.165, 1.54) is 6.07 Å². The van der Waals surface area contributed by atoms with Crippen molar-refractivity contribution in [1.29, 1.82) is 0 Å². The van der Waals surface area contributed by atoms with Crippen molar-refractivity contribution in [2.75, 3.05) is 7.11 Å². The summed E-state index contributed by atoms with van der Waals surface area (Å²) >= 11 is 0. The predicted molar refractivity (Wildman–Crippen MR) is 129 cm³/mol. The van der Waals surface area contributed by atoms with Crippen LogP contribution in [0.5, 0.6) is 11.5 Å². The second kappa shape index (κ2) is 8.53. The van der Waals surface area contributed by atoms with Crippen LogP contribution >= 0.6 is 0 Å². The monoisotopic (exact) mass is 490 g/mol. The van der Waals surface area contributed by atoms with Crippen molar-refractivity contribution in [3.8, 4) is 22.6 Å². The van der Waals surface area contributed by atoms with Gasteiger partial charge in [0.15, 0.2) is 11.6 Å². The highest BCUT2D eigenvalue weighted by Crippen LogP contribution is 2.51. The van der Waals surface area contributed by atoms with E-state index in [-0.39, 0.29) is 23.3 Å². The van der Waals surface area contributed by atoms with E-state index in [0.717, 1.165) is 5.56 Å². The van der Waals surface area contributed by atoms with E-state index in [0.29, 0.717) is 41.8 Å². The molecule has 0 saturated heterocycles.